The summed E-state index contributed by atoms with van der Waals surface area (Å²) in [4.78, 5) is 12.8. The van der Waals surface area contributed by atoms with E-state index in [-0.39, 0.29) is 11.7 Å². The molecular formula is C24H23FN4O. The third-order valence-electron chi connectivity index (χ3n) is 4.79. The molecule has 4 rings (SSSR count). The van der Waals surface area contributed by atoms with Crippen LogP contribution in [0.2, 0.25) is 0 Å². The Hall–Kier alpha value is -3.67. The molecule has 4 aromatic rings. The minimum Gasteiger partial charge on any atom is -0.383 e. The van der Waals surface area contributed by atoms with Gasteiger partial charge in [-0.25, -0.2) is 9.07 Å². The van der Waals surface area contributed by atoms with Crippen LogP contribution in [0.5, 0.6) is 0 Å². The van der Waals surface area contributed by atoms with Crippen LogP contribution in [0.25, 0.3) is 16.6 Å². The normalized spacial score (nSPS) is 11.1. The van der Waals surface area contributed by atoms with Gasteiger partial charge >= 0.3 is 0 Å². The van der Waals surface area contributed by atoms with Gasteiger partial charge in [0, 0.05) is 23.7 Å². The molecule has 1 amide bonds. The van der Waals surface area contributed by atoms with Crippen molar-refractivity contribution in [2.45, 2.75) is 26.4 Å². The van der Waals surface area contributed by atoms with Crippen molar-refractivity contribution in [1.29, 1.82) is 0 Å². The highest BCUT2D eigenvalue weighted by Crippen LogP contribution is 2.22. The highest BCUT2D eigenvalue weighted by atomic mass is 19.1. The Labute approximate surface area is 174 Å². The summed E-state index contributed by atoms with van der Waals surface area (Å²) in [6, 6.07) is 20.0. The molecule has 0 atom stereocenters. The minimum atomic E-state index is -0.303. The number of carbonyl (C=O) groups is 1. The molecule has 1 aromatic heterocycles. The molecule has 0 aliphatic rings. The van der Waals surface area contributed by atoms with Gasteiger partial charge in [-0.2, -0.15) is 5.10 Å². The summed E-state index contributed by atoms with van der Waals surface area (Å²) in [5.74, 6) is -0.466. The largest absolute Gasteiger partial charge is 0.383 e. The molecule has 0 aliphatic heterocycles. The number of carbonyl (C=O) groups excluding carboxylic acids is 1. The number of rotatable bonds is 6. The van der Waals surface area contributed by atoms with Crippen LogP contribution in [-0.2, 0) is 6.54 Å². The molecule has 5 nitrogen and oxygen atoms in total. The number of benzene rings is 3. The average molecular weight is 402 g/mol. The van der Waals surface area contributed by atoms with Crippen molar-refractivity contribution < 1.29 is 9.18 Å². The molecule has 152 valence electrons. The molecule has 0 fully saturated rings. The summed E-state index contributed by atoms with van der Waals surface area (Å²) in [6.45, 7) is 4.61. The van der Waals surface area contributed by atoms with Gasteiger partial charge in [0.15, 0.2) is 0 Å². The van der Waals surface area contributed by atoms with E-state index in [9.17, 15) is 9.18 Å². The topological polar surface area (TPSA) is 58.9 Å². The summed E-state index contributed by atoms with van der Waals surface area (Å²) < 4.78 is 14.9. The lowest BCUT2D eigenvalue weighted by Crippen LogP contribution is -2.23. The first-order valence-electron chi connectivity index (χ1n) is 9.87. The van der Waals surface area contributed by atoms with Gasteiger partial charge in [-0.05, 0) is 67.9 Å². The second-order valence-corrected chi connectivity index (χ2v) is 7.45. The highest BCUT2D eigenvalue weighted by molar-refractivity contribution is 6.06. The van der Waals surface area contributed by atoms with E-state index >= 15 is 0 Å². The van der Waals surface area contributed by atoms with E-state index in [0.717, 1.165) is 27.8 Å². The third kappa shape index (κ3) is 4.17. The minimum absolute atomic E-state index is 0.163. The van der Waals surface area contributed by atoms with E-state index in [4.69, 9.17) is 0 Å². The predicted octanol–water partition coefficient (Wildman–Crippen LogP) is 4.91. The van der Waals surface area contributed by atoms with Gasteiger partial charge in [0.05, 0.1) is 23.0 Å². The van der Waals surface area contributed by atoms with Crippen LogP contribution in [0.15, 0.2) is 72.9 Å². The van der Waals surface area contributed by atoms with Crippen LogP contribution in [0, 0.1) is 5.82 Å². The number of hydrogen-bond acceptors (Lipinski definition) is 3. The zero-order valence-corrected chi connectivity index (χ0v) is 16.9. The number of nitrogens with zero attached hydrogens (tertiary/aromatic N) is 2. The smallest absolute Gasteiger partial charge is 0.252 e. The molecule has 0 spiro atoms. The summed E-state index contributed by atoms with van der Waals surface area (Å²) in [5, 5.41) is 11.5. The average Bonchev–Trinajstić information content (AvgIpc) is 3.17. The monoisotopic (exact) mass is 402 g/mol. The molecule has 0 radical (unpaired) electrons. The van der Waals surface area contributed by atoms with E-state index in [2.05, 4.69) is 29.6 Å². The second kappa shape index (κ2) is 8.37. The molecule has 2 N–H and O–H groups in total. The first kappa shape index (κ1) is 19.6. The second-order valence-electron chi connectivity index (χ2n) is 7.45. The first-order valence-corrected chi connectivity index (χ1v) is 9.87. The van der Waals surface area contributed by atoms with E-state index in [1.54, 1.807) is 29.1 Å². The fraction of sp³-hybridized carbons (Fsp3) is 0.167. The lowest BCUT2D eigenvalue weighted by atomic mass is 10.1. The molecule has 6 heteroatoms. The Balaban J connectivity index is 1.51. The maximum Gasteiger partial charge on any atom is 0.252 e. The van der Waals surface area contributed by atoms with Crippen LogP contribution in [0.3, 0.4) is 0 Å². The highest BCUT2D eigenvalue weighted by Gasteiger charge is 2.14. The number of halogens is 1. The van der Waals surface area contributed by atoms with Crippen molar-refractivity contribution >= 4 is 22.5 Å². The van der Waals surface area contributed by atoms with Crippen LogP contribution in [0.1, 0.15) is 29.8 Å². The van der Waals surface area contributed by atoms with Crippen LogP contribution < -0.4 is 10.6 Å². The van der Waals surface area contributed by atoms with Crippen molar-refractivity contribution in [3.63, 3.8) is 0 Å². The SMILES string of the molecule is CC(C)Nc1ccc(CNC(=O)c2cccc3c2cnn3-c2ccc(F)cc2)cc1. The Morgan fingerprint density at radius 1 is 1.03 bits per heavy atom. The Morgan fingerprint density at radius 2 is 1.77 bits per heavy atom. The summed E-state index contributed by atoms with van der Waals surface area (Å²) in [7, 11) is 0. The van der Waals surface area contributed by atoms with Gasteiger partial charge < -0.3 is 10.6 Å². The van der Waals surface area contributed by atoms with Crippen LogP contribution in [-0.4, -0.2) is 21.7 Å². The van der Waals surface area contributed by atoms with Gasteiger partial charge in [-0.3, -0.25) is 4.79 Å². The lowest BCUT2D eigenvalue weighted by Gasteiger charge is -2.11. The quantitative estimate of drug-likeness (QED) is 0.482. The maximum absolute atomic E-state index is 13.2. The molecule has 0 unspecified atom stereocenters. The van der Waals surface area contributed by atoms with Crippen molar-refractivity contribution in [3.8, 4) is 5.69 Å². The molecule has 1 heterocycles. The molecule has 0 bridgehead atoms. The maximum atomic E-state index is 13.2. The summed E-state index contributed by atoms with van der Waals surface area (Å²) in [5.41, 5.74) is 4.15. The fourth-order valence-corrected chi connectivity index (χ4v) is 3.37. The van der Waals surface area contributed by atoms with E-state index < -0.39 is 0 Å². The van der Waals surface area contributed by atoms with Gasteiger partial charge in [0.2, 0.25) is 0 Å². The molecule has 30 heavy (non-hydrogen) atoms. The van der Waals surface area contributed by atoms with Crippen LogP contribution in [0.4, 0.5) is 10.1 Å². The predicted molar refractivity (Wildman–Crippen MR) is 117 cm³/mol. The van der Waals surface area contributed by atoms with Crippen LogP contribution >= 0.6 is 0 Å². The summed E-state index contributed by atoms with van der Waals surface area (Å²) >= 11 is 0. The Morgan fingerprint density at radius 3 is 2.47 bits per heavy atom. The van der Waals surface area contributed by atoms with Crippen molar-refractivity contribution in [2.24, 2.45) is 0 Å². The number of aromatic nitrogens is 2. The number of nitrogens with one attached hydrogen (secondary N) is 2. The standard InChI is InChI=1S/C24H23FN4O/c1-16(2)28-19-10-6-17(7-11-19)14-26-24(30)21-4-3-5-23-22(21)15-27-29(23)20-12-8-18(25)9-13-20/h3-13,15-16,28H,14H2,1-2H3,(H,26,30). The first-order chi connectivity index (χ1) is 14.5. The molecule has 0 aliphatic carbocycles. The van der Waals surface area contributed by atoms with E-state index in [0.29, 0.717) is 18.2 Å². The summed E-state index contributed by atoms with van der Waals surface area (Å²) in [6.07, 6.45) is 1.67. The van der Waals surface area contributed by atoms with Gasteiger partial charge in [0.25, 0.3) is 5.91 Å². The Kier molecular flexibility index (Phi) is 5.48. The van der Waals surface area contributed by atoms with Crippen molar-refractivity contribution in [3.05, 3.63) is 89.9 Å². The van der Waals surface area contributed by atoms with E-state index in [1.165, 1.54) is 12.1 Å². The molecule has 3 aromatic carbocycles. The number of fused-ring (bicyclic) bond motifs is 1. The zero-order chi connectivity index (χ0) is 21.1. The third-order valence-corrected chi connectivity index (χ3v) is 4.79. The molecule has 0 saturated carbocycles. The van der Waals surface area contributed by atoms with Crippen molar-refractivity contribution in [1.82, 2.24) is 15.1 Å². The number of anilines is 1. The lowest BCUT2D eigenvalue weighted by molar-refractivity contribution is 0.0952. The number of amides is 1. The van der Waals surface area contributed by atoms with Gasteiger partial charge in [-0.15, -0.1) is 0 Å². The fourth-order valence-electron chi connectivity index (χ4n) is 3.37. The van der Waals surface area contributed by atoms with Gasteiger partial charge in [0.1, 0.15) is 5.82 Å². The zero-order valence-electron chi connectivity index (χ0n) is 16.9. The van der Waals surface area contributed by atoms with Gasteiger partial charge in [-0.1, -0.05) is 18.2 Å². The number of hydrogen-bond donors (Lipinski definition) is 2. The molecular weight excluding hydrogens is 379 g/mol. The van der Waals surface area contributed by atoms with E-state index in [1.807, 2.05) is 36.4 Å². The Bertz CT molecular complexity index is 1160. The van der Waals surface area contributed by atoms with Crippen molar-refractivity contribution in [2.75, 3.05) is 5.32 Å². The molecule has 0 saturated heterocycles.